The highest BCUT2D eigenvalue weighted by Gasteiger charge is 2.00. The second kappa shape index (κ2) is 61.4. The van der Waals surface area contributed by atoms with Crippen LogP contribution in [0.3, 0.4) is 0 Å². The predicted octanol–water partition coefficient (Wildman–Crippen LogP) is 6.47. The Balaban J connectivity index is -0.000000135. The molecular formula is C46H104N24O2S6. The molecule has 0 aromatic heterocycles. The van der Waals surface area contributed by atoms with Crippen LogP contribution in [0, 0.1) is 47.3 Å². The summed E-state index contributed by atoms with van der Waals surface area (Å²) in [6, 6.07) is -1.25. The number of nitrogens with zero attached hydrogens (tertiary/aromatic N) is 10. The Hall–Kier alpha value is -4.86. The van der Waals surface area contributed by atoms with Crippen molar-refractivity contribution < 1.29 is 20.9 Å². The van der Waals surface area contributed by atoms with Gasteiger partial charge in [-0.25, -0.2) is 20.4 Å². The molecule has 78 heavy (non-hydrogen) atoms. The number of nitrogens with two attached hydrogens (primary N) is 8. The van der Waals surface area contributed by atoms with Crippen molar-refractivity contribution in [3.8, 4) is 0 Å². The molecule has 2 atom stereocenters. The summed E-state index contributed by atoms with van der Waals surface area (Å²) in [7, 11) is 0. The van der Waals surface area contributed by atoms with Crippen molar-refractivity contribution >= 4 is 154 Å². The first-order chi connectivity index (χ1) is 40.0. The van der Waals surface area contributed by atoms with Crippen LogP contribution >= 0.6 is 73.2 Å². The summed E-state index contributed by atoms with van der Waals surface area (Å²) in [5, 5.41) is 39.5. The second-order valence-electron chi connectivity index (χ2n) is 17.7. The van der Waals surface area contributed by atoms with Crippen LogP contribution in [0.25, 0.3) is 0 Å². The molecule has 0 saturated carbocycles. The summed E-state index contributed by atoms with van der Waals surface area (Å²) >= 11 is 19.8. The number of hydrazone groups is 6. The summed E-state index contributed by atoms with van der Waals surface area (Å²) in [6.45, 7) is 39.8. The van der Waals surface area contributed by atoms with Gasteiger partial charge in [0.2, 0.25) is 0 Å². The highest BCUT2D eigenvalue weighted by Crippen LogP contribution is 1.99. The Morgan fingerprint density at radius 1 is 0.462 bits per heavy atom. The van der Waals surface area contributed by atoms with E-state index < -0.39 is 23.1 Å². The van der Waals surface area contributed by atoms with Crippen molar-refractivity contribution in [2.75, 3.05) is 12.5 Å². The fourth-order valence-electron chi connectivity index (χ4n) is 2.12. The van der Waals surface area contributed by atoms with E-state index in [1.807, 2.05) is 135 Å². The number of carbonyl (C=O) groups excluding carboxylic acids is 2. The number of thioether (sulfide) groups is 2. The summed E-state index contributed by atoms with van der Waals surface area (Å²) in [5.41, 5.74) is 33.4. The normalized spacial score (nSPS) is 14.0. The minimum absolute atomic E-state index is 0.205. The van der Waals surface area contributed by atoms with E-state index in [0.717, 1.165) is 22.8 Å². The van der Waals surface area contributed by atoms with Crippen LogP contribution in [0.5, 0.6) is 0 Å². The minimum Gasteiger partial charge on any atom is -0.377 e. The number of rotatable bonds is 20. The van der Waals surface area contributed by atoms with Crippen LogP contribution in [0.1, 0.15) is 138 Å². The van der Waals surface area contributed by atoms with Gasteiger partial charge in [-0.2, -0.15) is 40.8 Å². The van der Waals surface area contributed by atoms with Crippen LogP contribution in [-0.2, 0) is 0 Å². The van der Waals surface area contributed by atoms with E-state index in [9.17, 15) is 9.59 Å². The van der Waals surface area contributed by atoms with Crippen molar-refractivity contribution in [2.45, 2.75) is 149 Å². The first kappa shape index (κ1) is 71.2. The number of thiol groups is 2. The van der Waals surface area contributed by atoms with Crippen molar-refractivity contribution in [1.29, 1.82) is 0 Å². The standard InChI is InChI=1S/C7H15N3S.C6H13N3O.C6H13N3S.C6H15N3S.C6H13N3S.C5H11N3O.C5H13N3S.C5H11N3S/c1-5(2)6(3)9-10-7(8)11-4;1-4(2)5(3)8-9-6(7)10;1-5(2)4-8-9-6(7)10-3;2*1-4(2)5(3)8-9-6(7)10;3*1-4(2)3-7-8-5(6)9/h5H,1-4H3,(H2,8,10);4H,1-3H3,(H3,7,9,10);4-5H,1-3H3,(H2,7,9);4,6,9-10H,7H2,1-3H3;4H,1-3H3,(H3,7,9,10);3-4H,1-2H3,(H3,6,8,9);3-5,8-9H,6H2,1-2H3;3-4H,1-2H3,(H3,6,8,9)/b9-6+;8-5+;8-4+;2*8-5+;3*7-3+/i/hD8. The summed E-state index contributed by atoms with van der Waals surface area (Å²) in [5.74, 6) is 3.03. The first-order valence-corrected chi connectivity index (χ1v) is 28.4. The van der Waals surface area contributed by atoms with Gasteiger partial charge in [0.1, 0.15) is 13.8 Å². The molecule has 4 amide bonds. The molecule has 2 unspecified atom stereocenters. The second-order valence-corrected chi connectivity index (χ2v) is 21.2. The molecule has 0 bridgehead atoms. The lowest BCUT2D eigenvalue weighted by molar-refractivity contribution is 0.248. The molecule has 0 aliphatic carbocycles. The van der Waals surface area contributed by atoms with Gasteiger partial charge in [0, 0.05) is 47.7 Å². The summed E-state index contributed by atoms with van der Waals surface area (Å²) in [6.07, 6.45) is 10.5. The maximum Gasteiger partial charge on any atom is 0.332 e. The molecule has 0 aliphatic heterocycles. The van der Waals surface area contributed by atoms with Crippen LogP contribution in [0.2, 0.25) is 11.3 Å². The molecule has 26 nitrogen and oxygen atoms in total. The Kier molecular flexibility index (Phi) is 56.0. The summed E-state index contributed by atoms with van der Waals surface area (Å²) < 4.78 is 52.9. The molecule has 32 heteroatoms. The zero-order valence-corrected chi connectivity index (χ0v) is 55.0. The number of hydrogen-bond donors (Lipinski definition) is 16. The van der Waals surface area contributed by atoms with Gasteiger partial charge in [-0.15, -0.1) is 35.5 Å². The molecule has 0 saturated heterocycles. The van der Waals surface area contributed by atoms with Gasteiger partial charge >= 0.3 is 12.1 Å². The van der Waals surface area contributed by atoms with Gasteiger partial charge in [-0.3, -0.25) is 21.7 Å². The number of primary amides is 2. The van der Waals surface area contributed by atoms with E-state index >= 15 is 0 Å². The molecule has 0 aromatic carbocycles. The lowest BCUT2D eigenvalue weighted by Gasteiger charge is -2.06. The van der Waals surface area contributed by atoms with Crippen molar-refractivity contribution in [3.63, 3.8) is 0 Å². The zero-order chi connectivity index (χ0) is 68.8. The Bertz CT molecular complexity index is 1940. The maximum absolute atomic E-state index is 10.4. The molecule has 0 aliphatic rings. The topological polar surface area (TPSA) is 438 Å². The van der Waals surface area contributed by atoms with E-state index in [0.29, 0.717) is 57.7 Å². The lowest BCUT2D eigenvalue weighted by atomic mass is 10.1. The van der Waals surface area contributed by atoms with Gasteiger partial charge in [-0.1, -0.05) is 134 Å². The number of carbonyl (C=O) groups is 2. The average molecular weight is 1230 g/mol. The monoisotopic (exact) mass is 1220 g/mol. The number of nitrogens with one attached hydrogen (secondary N) is 6. The van der Waals surface area contributed by atoms with E-state index in [2.05, 4.69) is 184 Å². The van der Waals surface area contributed by atoms with E-state index in [-0.39, 0.29) is 10.2 Å². The van der Waals surface area contributed by atoms with Crippen LogP contribution in [-0.4, -0.2) is 104 Å². The van der Waals surface area contributed by atoms with Crippen LogP contribution in [0.4, 0.5) is 9.59 Å². The highest BCUT2D eigenvalue weighted by molar-refractivity contribution is 8.13. The van der Waals surface area contributed by atoms with E-state index in [4.69, 9.17) is 11.3 Å². The molecule has 0 fully saturated rings. The van der Waals surface area contributed by atoms with E-state index in [1.165, 1.54) is 23.5 Å². The predicted molar refractivity (Wildman–Crippen MR) is 361 cm³/mol. The maximum atomic E-state index is 10.4. The summed E-state index contributed by atoms with van der Waals surface area (Å²) in [4.78, 5) is 20.7. The van der Waals surface area contributed by atoms with Crippen molar-refractivity contribution in [2.24, 2.45) is 144 Å². The Morgan fingerprint density at radius 2 is 0.833 bits per heavy atom. The molecule has 0 rings (SSSR count). The third-order valence-electron chi connectivity index (χ3n) is 7.22. The number of amides is 4. The molecular weight excluding hydrogens is 1110 g/mol. The molecule has 0 spiro atoms. The third kappa shape index (κ3) is 100. The zero-order valence-electron chi connectivity index (χ0n) is 57.9. The van der Waals surface area contributed by atoms with Gasteiger partial charge in [0.25, 0.3) is 0 Å². The molecule has 0 heterocycles. The van der Waals surface area contributed by atoms with Gasteiger partial charge in [0.05, 0.1) is 0 Å². The largest absolute Gasteiger partial charge is 0.377 e. The highest BCUT2D eigenvalue weighted by atomic mass is 32.2. The fourth-order valence-corrected chi connectivity index (χ4v) is 2.60. The van der Waals surface area contributed by atoms with Crippen molar-refractivity contribution in [1.82, 2.24) is 32.6 Å². The third-order valence-corrected chi connectivity index (χ3v) is 8.57. The van der Waals surface area contributed by atoms with Crippen molar-refractivity contribution in [3.05, 3.63) is 0 Å². The lowest BCUT2D eigenvalue weighted by Crippen LogP contribution is -2.28. The SMILES string of the molecule is [2H]N/C(=N/N=C(\C)C(C)C)SC.[2H]N/C(=N/N=C/C(C)C)SC.[2H]NC(=O)N/N=C(\C)C(C)C.[2H]NC(=O)N/N=C/C(C)C.[2H]NC(=S)N/N=C(\C)C(C)C.[2H]NC(=S)N/N=C/C(C)C.[2H]NC(S)N/N=C(\C)C(C)C.[2H]NC(S)N/N=C/C(C)C. The number of hydrogen-bond acceptors (Lipinski definition) is 22. The van der Waals surface area contributed by atoms with E-state index in [1.54, 1.807) is 36.3 Å². The quantitative estimate of drug-likeness (QED) is 0.0155. The minimum atomic E-state index is -0.628. The number of urea groups is 2. The van der Waals surface area contributed by atoms with Gasteiger partial charge in [0.15, 0.2) is 29.0 Å². The van der Waals surface area contributed by atoms with Gasteiger partial charge in [-0.05, 0) is 112 Å². The van der Waals surface area contributed by atoms with Crippen LogP contribution in [0.15, 0.2) is 51.0 Å². The smallest absolute Gasteiger partial charge is 0.332 e. The molecule has 456 valence electrons. The first-order valence-electron chi connectivity index (χ1n) is 28.1. The van der Waals surface area contributed by atoms with Gasteiger partial charge < -0.3 is 45.8 Å². The average Bonchev–Trinajstić information content (AvgIpc) is 3.47. The van der Waals surface area contributed by atoms with Crippen LogP contribution < -0.4 is 78.4 Å². The Morgan fingerprint density at radius 3 is 1.22 bits per heavy atom. The molecule has 0 radical (unpaired) electrons. The number of thiocarbonyl (C=S) groups is 2. The fraction of sp³-hybridized carbons (Fsp3) is 0.696. The Labute approximate surface area is 510 Å². The molecule has 0 aromatic rings. The number of amidine groups is 2. The molecule has 22 N–H and O–H groups in total.